The molecule has 0 amide bonds. The van der Waals surface area contributed by atoms with Gasteiger partial charge in [0.1, 0.15) is 11.9 Å². The fourth-order valence-electron chi connectivity index (χ4n) is 1.94. The van der Waals surface area contributed by atoms with Gasteiger partial charge in [0.2, 0.25) is 0 Å². The summed E-state index contributed by atoms with van der Waals surface area (Å²) >= 11 is 0. The number of methoxy groups -OCH3 is 1. The lowest BCUT2D eigenvalue weighted by atomic mass is 9.97. The van der Waals surface area contributed by atoms with Crippen LogP contribution in [0.3, 0.4) is 0 Å². The Morgan fingerprint density at radius 3 is 2.37 bits per heavy atom. The molecular formula is C15H22FNO2. The second-order valence-electron chi connectivity index (χ2n) is 4.83. The lowest BCUT2D eigenvalue weighted by molar-refractivity contribution is -0.144. The van der Waals surface area contributed by atoms with E-state index in [4.69, 9.17) is 4.74 Å². The second-order valence-corrected chi connectivity index (χ2v) is 4.83. The van der Waals surface area contributed by atoms with Crippen LogP contribution in [0, 0.1) is 11.7 Å². The smallest absolute Gasteiger partial charge is 0.323 e. The number of esters is 1. The molecule has 0 radical (unpaired) electrons. The predicted octanol–water partition coefficient (Wildman–Crippen LogP) is 3.06. The molecule has 19 heavy (non-hydrogen) atoms. The van der Waals surface area contributed by atoms with Crippen LogP contribution >= 0.6 is 0 Å². The molecule has 0 bridgehead atoms. The van der Waals surface area contributed by atoms with E-state index < -0.39 is 0 Å². The largest absolute Gasteiger partial charge is 0.468 e. The van der Waals surface area contributed by atoms with Crippen LogP contribution in [-0.4, -0.2) is 19.1 Å². The number of benzene rings is 1. The van der Waals surface area contributed by atoms with E-state index >= 15 is 0 Å². The van der Waals surface area contributed by atoms with E-state index in [2.05, 4.69) is 5.32 Å². The van der Waals surface area contributed by atoms with Gasteiger partial charge in [0.15, 0.2) is 0 Å². The van der Waals surface area contributed by atoms with Gasteiger partial charge in [0, 0.05) is 6.04 Å². The molecule has 0 saturated heterocycles. The summed E-state index contributed by atoms with van der Waals surface area (Å²) in [6.07, 6.45) is 0.878. The monoisotopic (exact) mass is 267 g/mol. The third-order valence-corrected chi connectivity index (χ3v) is 3.47. The molecule has 3 atom stereocenters. The number of carbonyl (C=O) groups excluding carboxylic acids is 1. The Morgan fingerprint density at radius 2 is 1.89 bits per heavy atom. The minimum absolute atomic E-state index is 0.0429. The second kappa shape index (κ2) is 7.24. The van der Waals surface area contributed by atoms with Crippen LogP contribution in [0.2, 0.25) is 0 Å². The van der Waals surface area contributed by atoms with Crippen molar-refractivity contribution in [3.05, 3.63) is 35.6 Å². The van der Waals surface area contributed by atoms with E-state index in [1.807, 2.05) is 20.8 Å². The van der Waals surface area contributed by atoms with Crippen molar-refractivity contribution >= 4 is 5.97 Å². The molecule has 1 N–H and O–H groups in total. The topological polar surface area (TPSA) is 38.3 Å². The van der Waals surface area contributed by atoms with Crippen molar-refractivity contribution in [2.75, 3.05) is 7.11 Å². The van der Waals surface area contributed by atoms with E-state index in [0.717, 1.165) is 12.0 Å². The van der Waals surface area contributed by atoms with E-state index in [1.165, 1.54) is 19.2 Å². The van der Waals surface area contributed by atoms with Gasteiger partial charge in [-0.2, -0.15) is 0 Å². The molecule has 4 heteroatoms. The van der Waals surface area contributed by atoms with E-state index in [-0.39, 0.29) is 29.8 Å². The Kier molecular flexibility index (Phi) is 5.96. The number of rotatable bonds is 6. The highest BCUT2D eigenvalue weighted by Gasteiger charge is 2.26. The molecule has 0 aliphatic rings. The first-order chi connectivity index (χ1) is 8.99. The number of carbonyl (C=O) groups is 1. The highest BCUT2D eigenvalue weighted by Crippen LogP contribution is 2.17. The molecule has 1 aromatic rings. The zero-order valence-corrected chi connectivity index (χ0v) is 11.9. The Hall–Kier alpha value is -1.42. The standard InChI is InChI=1S/C15H22FNO2/c1-5-10(2)14(15(18)19-4)17-11(3)12-6-8-13(16)9-7-12/h6-11,14,17H,5H2,1-4H3. The van der Waals surface area contributed by atoms with Gasteiger partial charge in [0.05, 0.1) is 7.11 Å². The van der Waals surface area contributed by atoms with E-state index in [1.54, 1.807) is 12.1 Å². The van der Waals surface area contributed by atoms with Crippen LogP contribution in [0.25, 0.3) is 0 Å². The molecular weight excluding hydrogens is 245 g/mol. The maximum atomic E-state index is 12.9. The highest BCUT2D eigenvalue weighted by atomic mass is 19.1. The average molecular weight is 267 g/mol. The molecule has 1 rings (SSSR count). The van der Waals surface area contributed by atoms with Crippen molar-refractivity contribution in [1.29, 1.82) is 0 Å². The fourth-order valence-corrected chi connectivity index (χ4v) is 1.94. The quantitative estimate of drug-likeness (QED) is 0.805. The first-order valence-corrected chi connectivity index (χ1v) is 6.58. The molecule has 1 aromatic carbocycles. The van der Waals surface area contributed by atoms with Crippen LogP contribution in [0.15, 0.2) is 24.3 Å². The maximum Gasteiger partial charge on any atom is 0.323 e. The molecule has 3 nitrogen and oxygen atoms in total. The van der Waals surface area contributed by atoms with Gasteiger partial charge in [-0.15, -0.1) is 0 Å². The molecule has 0 aliphatic heterocycles. The summed E-state index contributed by atoms with van der Waals surface area (Å²) < 4.78 is 17.7. The summed E-state index contributed by atoms with van der Waals surface area (Å²) in [6.45, 7) is 5.99. The van der Waals surface area contributed by atoms with Gasteiger partial charge in [-0.05, 0) is 30.5 Å². The first-order valence-electron chi connectivity index (χ1n) is 6.58. The minimum Gasteiger partial charge on any atom is -0.468 e. The summed E-state index contributed by atoms with van der Waals surface area (Å²) in [7, 11) is 1.39. The van der Waals surface area contributed by atoms with E-state index in [9.17, 15) is 9.18 Å². The van der Waals surface area contributed by atoms with Gasteiger partial charge in [0.25, 0.3) is 0 Å². The Balaban J connectivity index is 2.78. The van der Waals surface area contributed by atoms with Crippen LogP contribution in [-0.2, 0) is 9.53 Å². The fraction of sp³-hybridized carbons (Fsp3) is 0.533. The molecule has 0 saturated carbocycles. The molecule has 0 fully saturated rings. The lowest BCUT2D eigenvalue weighted by Gasteiger charge is -2.26. The maximum absolute atomic E-state index is 12.9. The molecule has 3 unspecified atom stereocenters. The van der Waals surface area contributed by atoms with Gasteiger partial charge in [-0.3, -0.25) is 10.1 Å². The molecule has 0 aromatic heterocycles. The SMILES string of the molecule is CCC(C)C(NC(C)c1ccc(F)cc1)C(=O)OC. The van der Waals surface area contributed by atoms with Crippen molar-refractivity contribution in [2.45, 2.75) is 39.3 Å². The zero-order valence-electron chi connectivity index (χ0n) is 11.9. The number of hydrogen-bond donors (Lipinski definition) is 1. The normalized spacial score (nSPS) is 15.6. The highest BCUT2D eigenvalue weighted by molar-refractivity contribution is 5.76. The van der Waals surface area contributed by atoms with Gasteiger partial charge in [-0.1, -0.05) is 32.4 Å². The summed E-state index contributed by atoms with van der Waals surface area (Å²) in [5, 5.41) is 3.26. The Morgan fingerprint density at radius 1 is 1.32 bits per heavy atom. The Labute approximate surface area is 114 Å². The van der Waals surface area contributed by atoms with Crippen LogP contribution in [0.5, 0.6) is 0 Å². The number of ether oxygens (including phenoxy) is 1. The molecule has 0 heterocycles. The number of halogens is 1. The van der Waals surface area contributed by atoms with Gasteiger partial charge < -0.3 is 4.74 Å². The van der Waals surface area contributed by atoms with Crippen molar-refractivity contribution in [1.82, 2.24) is 5.32 Å². The third-order valence-electron chi connectivity index (χ3n) is 3.47. The number of nitrogens with one attached hydrogen (secondary N) is 1. The van der Waals surface area contributed by atoms with Crippen LogP contribution < -0.4 is 5.32 Å². The summed E-state index contributed by atoms with van der Waals surface area (Å²) in [5.74, 6) is -0.346. The molecule has 0 spiro atoms. The minimum atomic E-state index is -0.352. The van der Waals surface area contributed by atoms with Crippen LogP contribution in [0.4, 0.5) is 4.39 Å². The summed E-state index contributed by atoms with van der Waals surface area (Å²) in [5.41, 5.74) is 0.943. The zero-order chi connectivity index (χ0) is 14.4. The van der Waals surface area contributed by atoms with E-state index in [0.29, 0.717) is 0 Å². The lowest BCUT2D eigenvalue weighted by Crippen LogP contribution is -2.43. The molecule has 106 valence electrons. The van der Waals surface area contributed by atoms with Crippen molar-refractivity contribution in [2.24, 2.45) is 5.92 Å². The van der Waals surface area contributed by atoms with Crippen molar-refractivity contribution in [3.8, 4) is 0 Å². The van der Waals surface area contributed by atoms with Crippen molar-refractivity contribution < 1.29 is 13.9 Å². The Bertz CT molecular complexity index is 405. The molecule has 0 aliphatic carbocycles. The summed E-state index contributed by atoms with van der Waals surface area (Å²) in [4.78, 5) is 11.8. The van der Waals surface area contributed by atoms with Gasteiger partial charge >= 0.3 is 5.97 Å². The third kappa shape index (κ3) is 4.31. The first kappa shape index (κ1) is 15.6. The summed E-state index contributed by atoms with van der Waals surface area (Å²) in [6, 6.07) is 5.89. The van der Waals surface area contributed by atoms with Crippen LogP contribution in [0.1, 0.15) is 38.8 Å². The predicted molar refractivity (Wildman–Crippen MR) is 73.2 cm³/mol. The van der Waals surface area contributed by atoms with Crippen molar-refractivity contribution in [3.63, 3.8) is 0 Å². The number of hydrogen-bond acceptors (Lipinski definition) is 3. The average Bonchev–Trinajstić information content (AvgIpc) is 2.43. The van der Waals surface area contributed by atoms with Gasteiger partial charge in [-0.25, -0.2) is 4.39 Å².